The van der Waals surface area contributed by atoms with Crippen LogP contribution in [0.1, 0.15) is 29.3 Å². The van der Waals surface area contributed by atoms with Crippen molar-refractivity contribution in [1.29, 1.82) is 0 Å². The third-order valence-electron chi connectivity index (χ3n) is 7.37. The van der Waals surface area contributed by atoms with Crippen molar-refractivity contribution in [3.8, 4) is 11.1 Å². The van der Waals surface area contributed by atoms with Gasteiger partial charge in [-0.1, -0.05) is 29.8 Å². The molecular weight excluding hydrogens is 410 g/mol. The Morgan fingerprint density at radius 3 is 2.39 bits per heavy atom. The Morgan fingerprint density at radius 2 is 1.70 bits per heavy atom. The predicted molar refractivity (Wildman–Crippen MR) is 135 cm³/mol. The van der Waals surface area contributed by atoms with E-state index in [-0.39, 0.29) is 5.78 Å². The average Bonchev–Trinajstić information content (AvgIpc) is 3.14. The standard InChI is InChI=1S/C28H35N3O2/c1-19-5-7-23(8-6-19)26-24(18-21(3)32)22(4)27-28-25(26)17-20(2)31(28)12-11-30(27)10-9-29-13-15-33-16-14-29/h5-8,17H,9-16,18H2,1-4H3. The lowest BCUT2D eigenvalue weighted by Gasteiger charge is -2.36. The molecule has 0 amide bonds. The monoisotopic (exact) mass is 445 g/mol. The lowest BCUT2D eigenvalue weighted by molar-refractivity contribution is -0.116. The van der Waals surface area contributed by atoms with Crippen molar-refractivity contribution in [3.05, 3.63) is 52.7 Å². The summed E-state index contributed by atoms with van der Waals surface area (Å²) in [5, 5.41) is 1.28. The summed E-state index contributed by atoms with van der Waals surface area (Å²) in [7, 11) is 0. The zero-order chi connectivity index (χ0) is 23.1. The van der Waals surface area contributed by atoms with E-state index in [2.05, 4.69) is 65.5 Å². The lowest BCUT2D eigenvalue weighted by atomic mass is 9.87. The molecule has 0 aliphatic carbocycles. The fourth-order valence-corrected chi connectivity index (χ4v) is 5.63. The van der Waals surface area contributed by atoms with Crippen LogP contribution in [0.25, 0.3) is 22.0 Å². The third kappa shape index (κ3) is 4.09. The van der Waals surface area contributed by atoms with Crippen LogP contribution < -0.4 is 4.90 Å². The van der Waals surface area contributed by atoms with Gasteiger partial charge in [-0.05, 0) is 56.0 Å². The van der Waals surface area contributed by atoms with Crippen molar-refractivity contribution in [3.63, 3.8) is 0 Å². The summed E-state index contributed by atoms with van der Waals surface area (Å²) in [6.45, 7) is 16.0. The van der Waals surface area contributed by atoms with E-state index >= 15 is 0 Å². The zero-order valence-electron chi connectivity index (χ0n) is 20.4. The molecule has 0 unspecified atom stereocenters. The van der Waals surface area contributed by atoms with Gasteiger partial charge < -0.3 is 14.2 Å². The Balaban J connectivity index is 1.66. The number of anilines is 1. The van der Waals surface area contributed by atoms with Crippen LogP contribution in [0.5, 0.6) is 0 Å². The highest BCUT2D eigenvalue weighted by molar-refractivity contribution is 6.07. The molecule has 5 rings (SSSR count). The topological polar surface area (TPSA) is 37.7 Å². The van der Waals surface area contributed by atoms with Crippen molar-refractivity contribution < 1.29 is 9.53 Å². The van der Waals surface area contributed by atoms with Crippen molar-refractivity contribution in [2.75, 3.05) is 50.8 Å². The van der Waals surface area contributed by atoms with E-state index in [1.165, 1.54) is 50.1 Å². The largest absolute Gasteiger partial charge is 0.379 e. The minimum absolute atomic E-state index is 0.213. The molecule has 0 atom stereocenters. The molecule has 0 radical (unpaired) electrons. The molecular formula is C28H35N3O2. The molecule has 33 heavy (non-hydrogen) atoms. The molecule has 3 aromatic rings. The molecule has 2 aliphatic rings. The molecule has 0 bridgehead atoms. The number of aryl methyl sites for hydroxylation is 2. The summed E-state index contributed by atoms with van der Waals surface area (Å²) >= 11 is 0. The second-order valence-corrected chi connectivity index (χ2v) is 9.71. The number of carbonyl (C=O) groups is 1. The van der Waals surface area contributed by atoms with E-state index in [4.69, 9.17) is 4.74 Å². The van der Waals surface area contributed by atoms with E-state index in [1.807, 2.05) is 0 Å². The normalized spacial score (nSPS) is 16.5. The summed E-state index contributed by atoms with van der Waals surface area (Å²) in [6, 6.07) is 11.1. The molecule has 174 valence electrons. The van der Waals surface area contributed by atoms with Gasteiger partial charge in [0.25, 0.3) is 0 Å². The van der Waals surface area contributed by atoms with E-state index in [0.717, 1.165) is 52.5 Å². The zero-order valence-corrected chi connectivity index (χ0v) is 20.4. The second kappa shape index (κ2) is 8.96. The molecule has 2 aliphatic heterocycles. The first kappa shape index (κ1) is 22.2. The van der Waals surface area contributed by atoms with Crippen molar-refractivity contribution in [2.24, 2.45) is 0 Å². The second-order valence-electron chi connectivity index (χ2n) is 9.71. The number of hydrogen-bond acceptors (Lipinski definition) is 4. The molecule has 3 heterocycles. The van der Waals surface area contributed by atoms with Crippen LogP contribution in [0, 0.1) is 20.8 Å². The minimum Gasteiger partial charge on any atom is -0.379 e. The fourth-order valence-electron chi connectivity index (χ4n) is 5.63. The van der Waals surface area contributed by atoms with Gasteiger partial charge in [0.1, 0.15) is 5.78 Å². The van der Waals surface area contributed by atoms with Gasteiger partial charge in [-0.3, -0.25) is 9.69 Å². The predicted octanol–water partition coefficient (Wildman–Crippen LogP) is 4.52. The highest BCUT2D eigenvalue weighted by atomic mass is 16.5. The molecule has 0 spiro atoms. The SMILES string of the molecule is CC(=O)Cc1c(C)c2c3c(cc(C)n3CCN2CCN2CCOCC2)c1-c1ccc(C)cc1. The number of rotatable bonds is 6. The van der Waals surface area contributed by atoms with Crippen molar-refractivity contribution in [2.45, 2.75) is 40.7 Å². The molecule has 1 fully saturated rings. The molecule has 0 N–H and O–H groups in total. The molecule has 1 saturated heterocycles. The molecule has 5 heteroatoms. The lowest BCUT2D eigenvalue weighted by Crippen LogP contribution is -2.43. The van der Waals surface area contributed by atoms with Gasteiger partial charge in [-0.2, -0.15) is 0 Å². The first-order valence-electron chi connectivity index (χ1n) is 12.2. The Morgan fingerprint density at radius 1 is 0.970 bits per heavy atom. The van der Waals surface area contributed by atoms with Crippen molar-refractivity contribution >= 4 is 22.4 Å². The fraction of sp³-hybridized carbons (Fsp3) is 0.464. The van der Waals surface area contributed by atoms with Gasteiger partial charge >= 0.3 is 0 Å². The van der Waals surface area contributed by atoms with Crippen molar-refractivity contribution in [1.82, 2.24) is 9.47 Å². The number of aromatic nitrogens is 1. The van der Waals surface area contributed by atoms with Crippen LogP contribution in [0.2, 0.25) is 0 Å². The van der Waals surface area contributed by atoms with Gasteiger partial charge in [-0.15, -0.1) is 0 Å². The summed E-state index contributed by atoms with van der Waals surface area (Å²) in [6.07, 6.45) is 0.472. The van der Waals surface area contributed by atoms with E-state index in [1.54, 1.807) is 6.92 Å². The Hall–Kier alpha value is -2.63. The van der Waals surface area contributed by atoms with Gasteiger partial charge in [0.05, 0.1) is 24.4 Å². The average molecular weight is 446 g/mol. The Labute approximate surface area is 196 Å². The minimum atomic E-state index is 0.213. The third-order valence-corrected chi connectivity index (χ3v) is 7.37. The number of Topliss-reactive ketones (excluding diaryl/α,β-unsaturated/α-hetero) is 1. The molecule has 5 nitrogen and oxygen atoms in total. The number of morpholine rings is 1. The number of carbonyl (C=O) groups excluding carboxylic acids is 1. The summed E-state index contributed by atoms with van der Waals surface area (Å²) in [5.41, 5.74) is 10.1. The van der Waals surface area contributed by atoms with E-state index in [0.29, 0.717) is 6.42 Å². The van der Waals surface area contributed by atoms with Crippen LogP contribution in [-0.2, 0) is 22.5 Å². The Bertz CT molecular complexity index is 1190. The summed E-state index contributed by atoms with van der Waals surface area (Å²) in [5.74, 6) is 0.213. The highest BCUT2D eigenvalue weighted by Crippen LogP contribution is 2.44. The molecule has 1 aromatic heterocycles. The summed E-state index contributed by atoms with van der Waals surface area (Å²) < 4.78 is 8.02. The smallest absolute Gasteiger partial charge is 0.134 e. The maximum absolute atomic E-state index is 12.4. The maximum Gasteiger partial charge on any atom is 0.134 e. The number of ether oxygens (including phenoxy) is 1. The number of ketones is 1. The molecule has 0 saturated carbocycles. The number of nitrogens with zero attached hydrogens (tertiary/aromatic N) is 3. The first-order chi connectivity index (χ1) is 15.9. The highest BCUT2D eigenvalue weighted by Gasteiger charge is 2.28. The van der Waals surface area contributed by atoms with Crippen LogP contribution >= 0.6 is 0 Å². The van der Waals surface area contributed by atoms with Gasteiger partial charge in [-0.25, -0.2) is 0 Å². The Kier molecular flexibility index (Phi) is 6.02. The van der Waals surface area contributed by atoms with Crippen LogP contribution in [0.3, 0.4) is 0 Å². The van der Waals surface area contributed by atoms with Crippen LogP contribution in [-0.4, -0.2) is 61.2 Å². The summed E-state index contributed by atoms with van der Waals surface area (Å²) in [4.78, 5) is 17.5. The molecule has 2 aromatic carbocycles. The maximum atomic E-state index is 12.4. The van der Waals surface area contributed by atoms with Gasteiger partial charge in [0.2, 0.25) is 0 Å². The number of hydrogen-bond donors (Lipinski definition) is 0. The quantitative estimate of drug-likeness (QED) is 0.559. The van der Waals surface area contributed by atoms with Crippen LogP contribution in [0.4, 0.5) is 5.69 Å². The van der Waals surface area contributed by atoms with E-state index in [9.17, 15) is 4.79 Å². The number of benzene rings is 2. The van der Waals surface area contributed by atoms with Crippen LogP contribution in [0.15, 0.2) is 30.3 Å². The van der Waals surface area contributed by atoms with Gasteiger partial charge in [0.15, 0.2) is 0 Å². The first-order valence-corrected chi connectivity index (χ1v) is 12.2. The van der Waals surface area contributed by atoms with Gasteiger partial charge in [0, 0.05) is 56.8 Å². The van der Waals surface area contributed by atoms with E-state index < -0.39 is 0 Å².